The van der Waals surface area contributed by atoms with Crippen molar-refractivity contribution in [2.75, 3.05) is 26.1 Å². The minimum atomic E-state index is -0.623. The van der Waals surface area contributed by atoms with Crippen molar-refractivity contribution in [3.8, 4) is 17.2 Å². The van der Waals surface area contributed by atoms with E-state index >= 15 is 0 Å². The number of carbonyl (C=O) groups is 2. The fourth-order valence-electron chi connectivity index (χ4n) is 2.39. The number of methoxy groups -OCH3 is 2. The minimum absolute atomic E-state index is 0.0272. The molecular formula is C20H22N4O7. The number of nitro benzene ring substituents is 1. The highest BCUT2D eigenvalue weighted by Crippen LogP contribution is 2.29. The lowest BCUT2D eigenvalue weighted by atomic mass is 10.2. The molecule has 0 fully saturated rings. The summed E-state index contributed by atoms with van der Waals surface area (Å²) >= 11 is 0. The molecule has 0 radical (unpaired) electrons. The summed E-state index contributed by atoms with van der Waals surface area (Å²) in [6.45, 7) is 1.25. The summed E-state index contributed by atoms with van der Waals surface area (Å²) in [5.41, 5.74) is 2.30. The summed E-state index contributed by atoms with van der Waals surface area (Å²) in [5, 5.41) is 17.5. The second kappa shape index (κ2) is 11.1. The van der Waals surface area contributed by atoms with Gasteiger partial charge in [0, 0.05) is 11.8 Å². The van der Waals surface area contributed by atoms with E-state index in [1.54, 1.807) is 24.3 Å². The molecule has 0 spiro atoms. The molecule has 2 aromatic rings. The molecule has 0 atom stereocenters. The maximum Gasteiger partial charge on any atom is 0.296 e. The Morgan fingerprint density at radius 2 is 1.71 bits per heavy atom. The van der Waals surface area contributed by atoms with Crippen LogP contribution >= 0.6 is 0 Å². The normalized spacial score (nSPS) is 10.7. The van der Waals surface area contributed by atoms with E-state index in [1.165, 1.54) is 39.3 Å². The van der Waals surface area contributed by atoms with Crippen LogP contribution in [0.3, 0.4) is 0 Å². The number of hydrazone groups is 1. The van der Waals surface area contributed by atoms with E-state index in [1.807, 2.05) is 0 Å². The zero-order valence-electron chi connectivity index (χ0n) is 17.2. The van der Waals surface area contributed by atoms with Crippen LogP contribution < -0.4 is 25.0 Å². The summed E-state index contributed by atoms with van der Waals surface area (Å²) in [6.07, 6.45) is -0.180. The van der Waals surface area contributed by atoms with Crippen LogP contribution in [0.15, 0.2) is 47.6 Å². The molecule has 2 rings (SSSR count). The average molecular weight is 430 g/mol. The van der Waals surface area contributed by atoms with Gasteiger partial charge in [-0.15, -0.1) is 0 Å². The average Bonchev–Trinajstić information content (AvgIpc) is 2.76. The Labute approximate surface area is 178 Å². The van der Waals surface area contributed by atoms with E-state index in [-0.39, 0.29) is 24.4 Å². The lowest BCUT2D eigenvalue weighted by Gasteiger charge is -2.08. The molecular weight excluding hydrogens is 408 g/mol. The first kappa shape index (κ1) is 23.1. The lowest BCUT2D eigenvalue weighted by molar-refractivity contribution is -0.384. The van der Waals surface area contributed by atoms with E-state index in [0.29, 0.717) is 23.0 Å². The molecule has 2 amide bonds. The van der Waals surface area contributed by atoms with Gasteiger partial charge < -0.3 is 19.5 Å². The molecule has 31 heavy (non-hydrogen) atoms. The fraction of sp³-hybridized carbons (Fsp3) is 0.250. The number of anilines is 1. The van der Waals surface area contributed by atoms with Gasteiger partial charge >= 0.3 is 0 Å². The first-order valence-corrected chi connectivity index (χ1v) is 9.03. The number of benzene rings is 2. The molecule has 11 heteroatoms. The molecule has 2 aromatic carbocycles. The van der Waals surface area contributed by atoms with Crippen LogP contribution in [0.1, 0.15) is 13.3 Å². The highest BCUT2D eigenvalue weighted by atomic mass is 16.6. The maximum atomic E-state index is 12.2. The van der Waals surface area contributed by atoms with Crippen molar-refractivity contribution < 1.29 is 28.7 Å². The van der Waals surface area contributed by atoms with E-state index < -0.39 is 16.7 Å². The molecule has 0 heterocycles. The standard InChI is InChI=1S/C20H22N4O7/c1-13(22-23-20(26)12-31-16-6-4-5-14(10-16)29-2)9-19(25)21-17-8-7-15(30-3)11-18(17)24(27)28/h4-8,10-11H,9,12H2,1-3H3,(H,21,25)(H,23,26)/b22-13+. The minimum Gasteiger partial charge on any atom is -0.497 e. The van der Waals surface area contributed by atoms with Crippen molar-refractivity contribution in [1.82, 2.24) is 5.43 Å². The topological polar surface area (TPSA) is 141 Å². The molecule has 0 aliphatic rings. The Hall–Kier alpha value is -4.15. The molecule has 2 N–H and O–H groups in total. The van der Waals surface area contributed by atoms with Crippen molar-refractivity contribution in [1.29, 1.82) is 0 Å². The van der Waals surface area contributed by atoms with Crippen molar-refractivity contribution >= 4 is 28.9 Å². The third-order valence-corrected chi connectivity index (χ3v) is 3.87. The summed E-state index contributed by atoms with van der Waals surface area (Å²) in [4.78, 5) is 34.6. The van der Waals surface area contributed by atoms with Crippen LogP contribution in [0.25, 0.3) is 0 Å². The Morgan fingerprint density at radius 1 is 1.03 bits per heavy atom. The van der Waals surface area contributed by atoms with Gasteiger partial charge in [-0.2, -0.15) is 5.10 Å². The zero-order chi connectivity index (χ0) is 22.8. The predicted molar refractivity (Wildman–Crippen MR) is 113 cm³/mol. The van der Waals surface area contributed by atoms with Crippen molar-refractivity contribution in [2.24, 2.45) is 5.10 Å². The van der Waals surface area contributed by atoms with Crippen LogP contribution in [-0.2, 0) is 9.59 Å². The van der Waals surface area contributed by atoms with Crippen LogP contribution in [0.5, 0.6) is 17.2 Å². The molecule has 0 bridgehead atoms. The largest absolute Gasteiger partial charge is 0.497 e. The zero-order valence-corrected chi connectivity index (χ0v) is 17.2. The van der Waals surface area contributed by atoms with Gasteiger partial charge in [-0.1, -0.05) is 6.07 Å². The van der Waals surface area contributed by atoms with Gasteiger partial charge in [0.15, 0.2) is 6.61 Å². The van der Waals surface area contributed by atoms with Gasteiger partial charge in [0.05, 0.1) is 31.6 Å². The van der Waals surface area contributed by atoms with Crippen molar-refractivity contribution in [3.63, 3.8) is 0 Å². The smallest absolute Gasteiger partial charge is 0.296 e. The van der Waals surface area contributed by atoms with Gasteiger partial charge in [-0.05, 0) is 31.2 Å². The number of ether oxygens (including phenoxy) is 3. The second-order valence-electron chi connectivity index (χ2n) is 6.21. The quantitative estimate of drug-likeness (QED) is 0.335. The Balaban J connectivity index is 1.86. The first-order chi connectivity index (χ1) is 14.8. The van der Waals surface area contributed by atoms with Gasteiger partial charge in [-0.25, -0.2) is 5.43 Å². The van der Waals surface area contributed by atoms with Gasteiger partial charge in [-0.3, -0.25) is 19.7 Å². The van der Waals surface area contributed by atoms with E-state index in [9.17, 15) is 19.7 Å². The van der Waals surface area contributed by atoms with Crippen molar-refractivity contribution in [2.45, 2.75) is 13.3 Å². The van der Waals surface area contributed by atoms with Crippen LogP contribution in [-0.4, -0.2) is 43.3 Å². The summed E-state index contributed by atoms with van der Waals surface area (Å²) in [5.74, 6) is 0.289. The molecule has 0 unspecified atom stereocenters. The Bertz CT molecular complexity index is 991. The predicted octanol–water partition coefficient (Wildman–Crippen LogP) is 2.51. The monoisotopic (exact) mass is 430 g/mol. The molecule has 0 aliphatic carbocycles. The SMILES string of the molecule is COc1cccc(OCC(=O)N/N=C(\C)CC(=O)Nc2ccc(OC)cc2[N+](=O)[O-])c1. The van der Waals surface area contributed by atoms with Crippen molar-refractivity contribution in [3.05, 3.63) is 52.6 Å². The number of nitro groups is 1. The van der Waals surface area contributed by atoms with Crippen LogP contribution in [0.2, 0.25) is 0 Å². The van der Waals surface area contributed by atoms with Crippen LogP contribution in [0, 0.1) is 10.1 Å². The number of nitrogens with one attached hydrogen (secondary N) is 2. The number of amides is 2. The maximum absolute atomic E-state index is 12.2. The molecule has 0 saturated carbocycles. The summed E-state index contributed by atoms with van der Waals surface area (Å²) < 4.78 is 15.4. The molecule has 164 valence electrons. The van der Waals surface area contributed by atoms with E-state index in [0.717, 1.165) is 0 Å². The Morgan fingerprint density at radius 3 is 2.39 bits per heavy atom. The van der Waals surface area contributed by atoms with Gasteiger partial charge in [0.2, 0.25) is 5.91 Å². The Kier molecular flexibility index (Phi) is 8.31. The number of rotatable bonds is 10. The summed E-state index contributed by atoms with van der Waals surface area (Å²) in [7, 11) is 2.90. The molecule has 0 aromatic heterocycles. The number of hydrogen-bond acceptors (Lipinski definition) is 8. The van der Waals surface area contributed by atoms with E-state index in [4.69, 9.17) is 14.2 Å². The number of carbonyl (C=O) groups excluding carboxylic acids is 2. The fourth-order valence-corrected chi connectivity index (χ4v) is 2.39. The third-order valence-electron chi connectivity index (χ3n) is 3.87. The number of nitrogens with zero attached hydrogens (tertiary/aromatic N) is 2. The van der Waals surface area contributed by atoms with E-state index in [2.05, 4.69) is 15.8 Å². The van der Waals surface area contributed by atoms with Crippen LogP contribution in [0.4, 0.5) is 11.4 Å². The molecule has 11 nitrogen and oxygen atoms in total. The highest BCUT2D eigenvalue weighted by molar-refractivity contribution is 6.06. The molecule has 0 saturated heterocycles. The number of hydrogen-bond donors (Lipinski definition) is 2. The molecule has 0 aliphatic heterocycles. The van der Waals surface area contributed by atoms with Gasteiger partial charge in [0.1, 0.15) is 22.9 Å². The first-order valence-electron chi connectivity index (χ1n) is 9.03. The van der Waals surface area contributed by atoms with Gasteiger partial charge in [0.25, 0.3) is 11.6 Å². The third kappa shape index (κ3) is 7.31. The lowest BCUT2D eigenvalue weighted by Crippen LogP contribution is -2.26. The highest BCUT2D eigenvalue weighted by Gasteiger charge is 2.17. The second-order valence-corrected chi connectivity index (χ2v) is 6.21. The summed E-state index contributed by atoms with van der Waals surface area (Å²) in [6, 6.07) is 10.8.